The lowest BCUT2D eigenvalue weighted by molar-refractivity contribution is 0.0953. The Morgan fingerprint density at radius 3 is 2.68 bits per heavy atom. The summed E-state index contributed by atoms with van der Waals surface area (Å²) in [6.45, 7) is 0.873. The van der Waals surface area contributed by atoms with Crippen molar-refractivity contribution in [2.75, 3.05) is 18.9 Å². The van der Waals surface area contributed by atoms with Gasteiger partial charge in [-0.15, -0.1) is 0 Å². The monoisotopic (exact) mass is 410 g/mol. The first kappa shape index (κ1) is 16.7. The number of pyridine rings is 1. The standard InChI is InChI=1S/C16H19IN4O/c1-19-15-14(12(9-18)13(17)10-21-15)16(22)20-8-7-11-5-3-2-4-6-11/h2-6,10H,7-9,18H2,1H3,(H,19,21)(H,20,22). The van der Waals surface area contributed by atoms with Crippen LogP contribution >= 0.6 is 22.6 Å². The number of hydrogen-bond acceptors (Lipinski definition) is 4. The average Bonchev–Trinajstić information content (AvgIpc) is 2.55. The minimum absolute atomic E-state index is 0.147. The molecule has 0 atom stereocenters. The van der Waals surface area contributed by atoms with Gasteiger partial charge in [0.1, 0.15) is 5.82 Å². The van der Waals surface area contributed by atoms with Gasteiger partial charge in [-0.25, -0.2) is 4.98 Å². The average molecular weight is 410 g/mol. The van der Waals surface area contributed by atoms with Crippen molar-refractivity contribution in [2.24, 2.45) is 5.73 Å². The predicted octanol–water partition coefficient (Wildman–Crippen LogP) is 2.16. The van der Waals surface area contributed by atoms with Crippen molar-refractivity contribution in [3.05, 3.63) is 56.8 Å². The predicted molar refractivity (Wildman–Crippen MR) is 96.9 cm³/mol. The molecule has 0 saturated heterocycles. The molecule has 0 aliphatic rings. The van der Waals surface area contributed by atoms with Crippen molar-refractivity contribution in [3.8, 4) is 0 Å². The van der Waals surface area contributed by atoms with Gasteiger partial charge in [-0.3, -0.25) is 4.79 Å². The summed E-state index contributed by atoms with van der Waals surface area (Å²) in [4.78, 5) is 16.8. The molecule has 1 aromatic heterocycles. The molecule has 0 aliphatic heterocycles. The van der Waals surface area contributed by atoms with Crippen molar-refractivity contribution < 1.29 is 4.79 Å². The van der Waals surface area contributed by atoms with Crippen LogP contribution in [0.25, 0.3) is 0 Å². The number of anilines is 1. The van der Waals surface area contributed by atoms with Crippen molar-refractivity contribution in [2.45, 2.75) is 13.0 Å². The highest BCUT2D eigenvalue weighted by Gasteiger charge is 2.18. The van der Waals surface area contributed by atoms with E-state index in [1.54, 1.807) is 13.2 Å². The van der Waals surface area contributed by atoms with Crippen LogP contribution in [0.15, 0.2) is 36.5 Å². The van der Waals surface area contributed by atoms with Gasteiger partial charge < -0.3 is 16.4 Å². The third kappa shape index (κ3) is 3.95. The summed E-state index contributed by atoms with van der Waals surface area (Å²) in [6.07, 6.45) is 2.51. The van der Waals surface area contributed by atoms with Crippen LogP contribution in [-0.4, -0.2) is 24.5 Å². The number of hydrogen-bond donors (Lipinski definition) is 3. The molecular formula is C16H19IN4O. The van der Waals surface area contributed by atoms with E-state index in [-0.39, 0.29) is 5.91 Å². The second-order valence-corrected chi connectivity index (χ2v) is 5.92. The summed E-state index contributed by atoms with van der Waals surface area (Å²) in [6, 6.07) is 10.1. The highest BCUT2D eigenvalue weighted by Crippen LogP contribution is 2.22. The van der Waals surface area contributed by atoms with Crippen LogP contribution in [0.4, 0.5) is 5.82 Å². The largest absolute Gasteiger partial charge is 0.372 e. The van der Waals surface area contributed by atoms with Crippen LogP contribution < -0.4 is 16.4 Å². The van der Waals surface area contributed by atoms with E-state index < -0.39 is 0 Å². The molecule has 0 spiro atoms. The Balaban J connectivity index is 2.10. The number of halogens is 1. The van der Waals surface area contributed by atoms with Crippen molar-refractivity contribution in [3.63, 3.8) is 0 Å². The van der Waals surface area contributed by atoms with E-state index in [1.807, 2.05) is 30.3 Å². The van der Waals surface area contributed by atoms with Crippen molar-refractivity contribution in [1.29, 1.82) is 0 Å². The van der Waals surface area contributed by atoms with Crippen LogP contribution in [0.5, 0.6) is 0 Å². The number of carbonyl (C=O) groups excluding carboxylic acids is 1. The van der Waals surface area contributed by atoms with Crippen LogP contribution in [0, 0.1) is 3.57 Å². The van der Waals surface area contributed by atoms with Gasteiger partial charge in [0.15, 0.2) is 0 Å². The zero-order valence-electron chi connectivity index (χ0n) is 12.4. The molecule has 0 aliphatic carbocycles. The van der Waals surface area contributed by atoms with Gasteiger partial charge >= 0.3 is 0 Å². The maximum Gasteiger partial charge on any atom is 0.255 e. The molecule has 116 valence electrons. The molecule has 6 heteroatoms. The molecule has 2 rings (SSSR count). The maximum atomic E-state index is 12.5. The van der Waals surface area contributed by atoms with Crippen LogP contribution in [0.2, 0.25) is 0 Å². The fraction of sp³-hybridized carbons (Fsp3) is 0.250. The van der Waals surface area contributed by atoms with Gasteiger partial charge in [0.2, 0.25) is 0 Å². The number of rotatable bonds is 6. The molecule has 2 aromatic rings. The molecular weight excluding hydrogens is 391 g/mol. The highest BCUT2D eigenvalue weighted by atomic mass is 127. The van der Waals surface area contributed by atoms with Crippen LogP contribution in [-0.2, 0) is 13.0 Å². The Hall–Kier alpha value is -1.67. The van der Waals surface area contributed by atoms with Crippen molar-refractivity contribution >= 4 is 34.3 Å². The summed E-state index contributed by atoms with van der Waals surface area (Å²) < 4.78 is 0.896. The summed E-state index contributed by atoms with van der Waals surface area (Å²) in [5.74, 6) is 0.407. The molecule has 0 bridgehead atoms. The van der Waals surface area contributed by atoms with E-state index in [0.29, 0.717) is 24.5 Å². The van der Waals surface area contributed by atoms with Gasteiger partial charge in [0.05, 0.1) is 5.56 Å². The SMILES string of the molecule is CNc1ncc(I)c(CN)c1C(=O)NCCc1ccccc1. The van der Waals surface area contributed by atoms with Gasteiger partial charge in [-0.1, -0.05) is 30.3 Å². The van der Waals surface area contributed by atoms with E-state index in [0.717, 1.165) is 15.6 Å². The second kappa shape index (κ2) is 8.09. The van der Waals surface area contributed by atoms with E-state index in [1.165, 1.54) is 5.56 Å². The number of nitrogens with two attached hydrogens (primary N) is 1. The molecule has 1 aromatic carbocycles. The Morgan fingerprint density at radius 1 is 1.32 bits per heavy atom. The van der Waals surface area contributed by atoms with Gasteiger partial charge in [0, 0.05) is 29.9 Å². The van der Waals surface area contributed by atoms with Crippen molar-refractivity contribution in [1.82, 2.24) is 10.3 Å². The maximum absolute atomic E-state index is 12.5. The molecule has 1 heterocycles. The summed E-state index contributed by atoms with van der Waals surface area (Å²) in [7, 11) is 1.75. The highest BCUT2D eigenvalue weighted by molar-refractivity contribution is 14.1. The lowest BCUT2D eigenvalue weighted by atomic mass is 10.1. The number of nitrogens with one attached hydrogen (secondary N) is 2. The molecule has 0 saturated carbocycles. The van der Waals surface area contributed by atoms with Crippen LogP contribution in [0.3, 0.4) is 0 Å². The minimum Gasteiger partial charge on any atom is -0.372 e. The molecule has 22 heavy (non-hydrogen) atoms. The summed E-state index contributed by atoms with van der Waals surface area (Å²) in [5, 5.41) is 5.90. The fourth-order valence-electron chi connectivity index (χ4n) is 2.21. The number of benzene rings is 1. The zero-order valence-corrected chi connectivity index (χ0v) is 14.6. The Morgan fingerprint density at radius 2 is 2.05 bits per heavy atom. The molecule has 4 N–H and O–H groups in total. The topological polar surface area (TPSA) is 80.0 Å². The lowest BCUT2D eigenvalue weighted by Gasteiger charge is -2.14. The third-order valence-corrected chi connectivity index (χ3v) is 4.27. The van der Waals surface area contributed by atoms with Gasteiger partial charge in [-0.2, -0.15) is 0 Å². The number of nitrogens with zero attached hydrogens (tertiary/aromatic N) is 1. The normalized spacial score (nSPS) is 10.3. The third-order valence-electron chi connectivity index (χ3n) is 3.34. The van der Waals surface area contributed by atoms with E-state index in [4.69, 9.17) is 5.73 Å². The Bertz CT molecular complexity index is 646. The Kier molecular flexibility index (Phi) is 6.14. The van der Waals surface area contributed by atoms with E-state index in [2.05, 4.69) is 38.2 Å². The molecule has 0 fully saturated rings. The fourth-order valence-corrected chi connectivity index (χ4v) is 2.84. The quantitative estimate of drug-likeness (QED) is 0.638. The van der Waals surface area contributed by atoms with Crippen LogP contribution in [0.1, 0.15) is 21.5 Å². The molecule has 1 amide bonds. The number of carbonyl (C=O) groups is 1. The summed E-state index contributed by atoms with van der Waals surface area (Å²) in [5.41, 5.74) is 8.33. The summed E-state index contributed by atoms with van der Waals surface area (Å²) >= 11 is 2.15. The minimum atomic E-state index is -0.147. The number of aromatic nitrogens is 1. The first-order valence-corrected chi connectivity index (χ1v) is 8.12. The smallest absolute Gasteiger partial charge is 0.255 e. The zero-order chi connectivity index (χ0) is 15.9. The lowest BCUT2D eigenvalue weighted by Crippen LogP contribution is -2.28. The first-order chi connectivity index (χ1) is 10.7. The Labute approximate surface area is 143 Å². The van der Waals surface area contributed by atoms with Gasteiger partial charge in [-0.05, 0) is 40.1 Å². The van der Waals surface area contributed by atoms with Gasteiger partial charge in [0.25, 0.3) is 5.91 Å². The molecule has 0 radical (unpaired) electrons. The first-order valence-electron chi connectivity index (χ1n) is 7.04. The molecule has 0 unspecified atom stereocenters. The number of amides is 1. The second-order valence-electron chi connectivity index (χ2n) is 4.75. The molecule has 5 nitrogen and oxygen atoms in total. The van der Waals surface area contributed by atoms with E-state index >= 15 is 0 Å². The van der Waals surface area contributed by atoms with E-state index in [9.17, 15) is 4.79 Å².